The summed E-state index contributed by atoms with van der Waals surface area (Å²) in [5, 5.41) is 0. The normalized spacial score (nSPS) is 52.2. The van der Waals surface area contributed by atoms with Crippen molar-refractivity contribution in [3.05, 3.63) is 12.2 Å². The lowest BCUT2D eigenvalue weighted by molar-refractivity contribution is -0.164. The van der Waals surface area contributed by atoms with Gasteiger partial charge in [-0.1, -0.05) is 26.8 Å². The molecule has 3 aliphatic carbocycles. The molecule has 1 saturated heterocycles. The molecular weight excluding hydrogens is 286 g/mol. The first kappa shape index (κ1) is 15.4. The van der Waals surface area contributed by atoms with Gasteiger partial charge in [0.25, 0.3) is 0 Å². The van der Waals surface area contributed by atoms with Crippen LogP contribution in [0.5, 0.6) is 0 Å². The van der Waals surface area contributed by atoms with Crippen LogP contribution in [0.2, 0.25) is 0 Å². The molecule has 1 amide bonds. The third-order valence-corrected chi connectivity index (χ3v) is 8.21. The second-order valence-corrected chi connectivity index (χ2v) is 9.13. The van der Waals surface area contributed by atoms with Crippen molar-refractivity contribution < 1.29 is 9.59 Å². The minimum absolute atomic E-state index is 0.158. The number of amides is 1. The maximum atomic E-state index is 12.4. The van der Waals surface area contributed by atoms with E-state index in [1.165, 1.54) is 0 Å². The SMILES string of the molecule is CC1CC2N(C)C(=O)CC[C@]2(C)[C@@H]2CC[C@]3(C)C(=O)C=C[C@H]3[C@H]12. The van der Waals surface area contributed by atoms with E-state index in [0.29, 0.717) is 47.8 Å². The minimum atomic E-state index is -0.158. The van der Waals surface area contributed by atoms with Gasteiger partial charge in [0.1, 0.15) is 0 Å². The second-order valence-electron chi connectivity index (χ2n) is 9.13. The molecule has 0 spiro atoms. The van der Waals surface area contributed by atoms with Crippen molar-refractivity contribution in [1.29, 1.82) is 0 Å². The lowest BCUT2D eigenvalue weighted by atomic mass is 9.45. The standard InChI is InChI=1S/C20H29NO2/c1-12-11-15-19(2,10-8-17(23)21(15)4)14-7-9-20(3)13(18(12)14)5-6-16(20)22/h5-6,12-15,18H,7-11H2,1-4H3/t12?,13-,14+,15?,18-,19+,20-/m0/s1. The maximum Gasteiger partial charge on any atom is 0.222 e. The predicted molar refractivity (Wildman–Crippen MR) is 89.6 cm³/mol. The molecule has 3 nitrogen and oxygen atoms in total. The van der Waals surface area contributed by atoms with E-state index < -0.39 is 0 Å². The van der Waals surface area contributed by atoms with Gasteiger partial charge < -0.3 is 4.90 Å². The lowest BCUT2D eigenvalue weighted by Gasteiger charge is -2.62. The fourth-order valence-electron chi connectivity index (χ4n) is 6.72. The zero-order valence-corrected chi connectivity index (χ0v) is 14.8. The van der Waals surface area contributed by atoms with Crippen LogP contribution in [0.1, 0.15) is 52.9 Å². The fourth-order valence-corrected chi connectivity index (χ4v) is 6.72. The van der Waals surface area contributed by atoms with Gasteiger partial charge in [-0.15, -0.1) is 0 Å². The summed E-state index contributed by atoms with van der Waals surface area (Å²) < 4.78 is 0. The van der Waals surface area contributed by atoms with E-state index in [-0.39, 0.29) is 10.8 Å². The fraction of sp³-hybridized carbons (Fsp3) is 0.800. The maximum absolute atomic E-state index is 12.4. The highest BCUT2D eigenvalue weighted by atomic mass is 16.2. The van der Waals surface area contributed by atoms with Crippen molar-refractivity contribution in [2.75, 3.05) is 7.05 Å². The molecule has 4 rings (SSSR count). The molecule has 0 aromatic carbocycles. The number of fused-ring (bicyclic) bond motifs is 5. The van der Waals surface area contributed by atoms with Gasteiger partial charge in [0.05, 0.1) is 0 Å². The molecule has 0 aromatic heterocycles. The third kappa shape index (κ3) is 1.82. The Morgan fingerprint density at radius 2 is 1.96 bits per heavy atom. The summed E-state index contributed by atoms with van der Waals surface area (Å²) in [7, 11) is 2.00. The highest BCUT2D eigenvalue weighted by Crippen LogP contribution is 2.63. The summed E-state index contributed by atoms with van der Waals surface area (Å²) in [4.78, 5) is 26.7. The van der Waals surface area contributed by atoms with Gasteiger partial charge in [0, 0.05) is 24.9 Å². The predicted octanol–water partition coefficient (Wildman–Crippen LogP) is 3.44. The molecule has 126 valence electrons. The van der Waals surface area contributed by atoms with E-state index in [2.05, 4.69) is 26.8 Å². The molecule has 2 unspecified atom stereocenters. The van der Waals surface area contributed by atoms with Crippen LogP contribution in [0.4, 0.5) is 0 Å². The Bertz CT molecular complexity index is 596. The molecule has 3 heteroatoms. The highest BCUT2D eigenvalue weighted by Gasteiger charge is 2.61. The molecule has 23 heavy (non-hydrogen) atoms. The largest absolute Gasteiger partial charge is 0.342 e. The molecule has 3 fully saturated rings. The zero-order chi connectivity index (χ0) is 16.6. The van der Waals surface area contributed by atoms with Crippen molar-refractivity contribution in [1.82, 2.24) is 4.90 Å². The molecule has 0 N–H and O–H groups in total. The summed E-state index contributed by atoms with van der Waals surface area (Å²) >= 11 is 0. The Hall–Kier alpha value is -1.12. The van der Waals surface area contributed by atoms with Crippen molar-refractivity contribution in [2.45, 2.75) is 58.9 Å². The van der Waals surface area contributed by atoms with Crippen molar-refractivity contribution in [3.8, 4) is 0 Å². The molecule has 0 bridgehead atoms. The van der Waals surface area contributed by atoms with Crippen LogP contribution >= 0.6 is 0 Å². The summed E-state index contributed by atoms with van der Waals surface area (Å²) in [6, 6.07) is 0.380. The first-order valence-corrected chi connectivity index (χ1v) is 9.27. The monoisotopic (exact) mass is 315 g/mol. The van der Waals surface area contributed by atoms with Crippen molar-refractivity contribution in [2.24, 2.45) is 34.5 Å². The zero-order valence-electron chi connectivity index (χ0n) is 14.8. The van der Waals surface area contributed by atoms with Gasteiger partial charge in [-0.3, -0.25) is 9.59 Å². The first-order valence-electron chi connectivity index (χ1n) is 9.27. The average Bonchev–Trinajstić information content (AvgIpc) is 2.82. The van der Waals surface area contributed by atoms with E-state index in [0.717, 1.165) is 25.7 Å². The number of nitrogens with zero attached hydrogens (tertiary/aromatic N) is 1. The third-order valence-electron chi connectivity index (χ3n) is 8.21. The Labute approximate surface area is 139 Å². The summed E-state index contributed by atoms with van der Waals surface area (Å²) in [5.74, 6) is 2.88. The topological polar surface area (TPSA) is 37.4 Å². The Kier molecular flexibility index (Phi) is 3.15. The summed E-state index contributed by atoms with van der Waals surface area (Å²) in [5.41, 5.74) is 0.0651. The van der Waals surface area contributed by atoms with Gasteiger partial charge in [-0.2, -0.15) is 0 Å². The van der Waals surface area contributed by atoms with Gasteiger partial charge in [0.2, 0.25) is 5.91 Å². The average molecular weight is 315 g/mol. The van der Waals surface area contributed by atoms with E-state index >= 15 is 0 Å². The molecule has 1 aliphatic heterocycles. The number of rotatable bonds is 0. The molecule has 0 aromatic rings. The molecule has 0 radical (unpaired) electrons. The molecule has 1 heterocycles. The number of ketones is 1. The number of likely N-dealkylation sites (tertiary alicyclic amines) is 1. The number of hydrogen-bond donors (Lipinski definition) is 0. The van der Waals surface area contributed by atoms with Gasteiger partial charge in [0.15, 0.2) is 5.78 Å². The summed E-state index contributed by atoms with van der Waals surface area (Å²) in [6.07, 6.45) is 9.03. The van der Waals surface area contributed by atoms with E-state index in [1.54, 1.807) is 0 Å². The van der Waals surface area contributed by atoms with Crippen LogP contribution in [0.3, 0.4) is 0 Å². The Balaban J connectivity index is 1.73. The van der Waals surface area contributed by atoms with Crippen LogP contribution in [-0.4, -0.2) is 29.7 Å². The van der Waals surface area contributed by atoms with Crippen LogP contribution in [0, 0.1) is 34.5 Å². The first-order chi connectivity index (χ1) is 10.8. The van der Waals surface area contributed by atoms with E-state index in [1.807, 2.05) is 18.0 Å². The Morgan fingerprint density at radius 1 is 1.22 bits per heavy atom. The van der Waals surface area contributed by atoms with E-state index in [9.17, 15) is 9.59 Å². The minimum Gasteiger partial charge on any atom is -0.342 e. The van der Waals surface area contributed by atoms with Crippen molar-refractivity contribution >= 4 is 11.7 Å². The van der Waals surface area contributed by atoms with Crippen LogP contribution < -0.4 is 0 Å². The smallest absolute Gasteiger partial charge is 0.222 e. The van der Waals surface area contributed by atoms with Crippen LogP contribution in [0.15, 0.2) is 12.2 Å². The van der Waals surface area contributed by atoms with Gasteiger partial charge in [-0.05, 0) is 60.8 Å². The highest BCUT2D eigenvalue weighted by molar-refractivity contribution is 5.97. The van der Waals surface area contributed by atoms with E-state index in [4.69, 9.17) is 0 Å². The lowest BCUT2D eigenvalue weighted by Crippen LogP contribution is -2.63. The quantitative estimate of drug-likeness (QED) is 0.686. The second kappa shape index (κ2) is 4.70. The molecule has 4 aliphatic rings. The van der Waals surface area contributed by atoms with Crippen molar-refractivity contribution in [3.63, 3.8) is 0 Å². The molecule has 2 saturated carbocycles. The molecule has 7 atom stereocenters. The van der Waals surface area contributed by atoms with Gasteiger partial charge >= 0.3 is 0 Å². The van der Waals surface area contributed by atoms with Crippen LogP contribution in [0.25, 0.3) is 0 Å². The summed E-state index contributed by atoms with van der Waals surface area (Å²) in [6.45, 7) is 6.97. The van der Waals surface area contributed by atoms with Crippen LogP contribution in [-0.2, 0) is 9.59 Å². The number of hydrogen-bond acceptors (Lipinski definition) is 2. The number of carbonyl (C=O) groups is 2. The number of allylic oxidation sites excluding steroid dienone is 2. The van der Waals surface area contributed by atoms with Gasteiger partial charge in [-0.25, -0.2) is 0 Å². The number of piperidine rings is 1. The Morgan fingerprint density at radius 3 is 2.70 bits per heavy atom. The number of carbonyl (C=O) groups excluding carboxylic acids is 2. The molecular formula is C20H29NO2.